The first kappa shape index (κ1) is 15.5. The highest BCUT2D eigenvalue weighted by Crippen LogP contribution is 2.32. The minimum atomic E-state index is -3.51. The van der Waals surface area contributed by atoms with Crippen LogP contribution in [-0.2, 0) is 16.4 Å². The van der Waals surface area contributed by atoms with E-state index in [1.54, 1.807) is 29.8 Å². The van der Waals surface area contributed by atoms with Gasteiger partial charge in [0.25, 0.3) is 10.0 Å². The molecule has 7 heteroatoms. The van der Waals surface area contributed by atoms with Crippen LogP contribution in [0, 0.1) is 0 Å². The summed E-state index contributed by atoms with van der Waals surface area (Å²) >= 11 is 2.82. The Kier molecular flexibility index (Phi) is 4.85. The van der Waals surface area contributed by atoms with Gasteiger partial charge in [-0.3, -0.25) is 0 Å². The van der Waals surface area contributed by atoms with E-state index >= 15 is 0 Å². The van der Waals surface area contributed by atoms with Crippen molar-refractivity contribution in [1.29, 1.82) is 0 Å². The third-order valence-electron chi connectivity index (χ3n) is 3.13. The number of rotatable bonds is 6. The summed E-state index contributed by atoms with van der Waals surface area (Å²) in [5.41, 5.74) is 0. The zero-order chi connectivity index (χ0) is 14.8. The Morgan fingerprint density at radius 1 is 1.30 bits per heavy atom. The molecule has 0 spiro atoms. The SMILES string of the molecule is COc1ccsc1S(=O)(=O)N(C)[C@@H](C)Cc1cccs1. The van der Waals surface area contributed by atoms with Crippen LogP contribution in [0.3, 0.4) is 0 Å². The van der Waals surface area contributed by atoms with Crippen LogP contribution >= 0.6 is 22.7 Å². The molecule has 20 heavy (non-hydrogen) atoms. The molecule has 0 saturated heterocycles. The van der Waals surface area contributed by atoms with Gasteiger partial charge in [0.15, 0.2) is 4.21 Å². The second-order valence-electron chi connectivity index (χ2n) is 4.43. The van der Waals surface area contributed by atoms with E-state index in [1.807, 2.05) is 24.4 Å². The summed E-state index contributed by atoms with van der Waals surface area (Å²) in [6, 6.07) is 5.57. The predicted octanol–water partition coefficient (Wildman–Crippen LogP) is 3.07. The molecule has 0 radical (unpaired) electrons. The predicted molar refractivity (Wildman–Crippen MR) is 83.3 cm³/mol. The van der Waals surface area contributed by atoms with E-state index in [0.717, 1.165) is 0 Å². The highest BCUT2D eigenvalue weighted by molar-refractivity contribution is 7.91. The van der Waals surface area contributed by atoms with Gasteiger partial charge >= 0.3 is 0 Å². The molecule has 110 valence electrons. The molecule has 2 heterocycles. The number of nitrogens with zero attached hydrogens (tertiary/aromatic N) is 1. The largest absolute Gasteiger partial charge is 0.494 e. The lowest BCUT2D eigenvalue weighted by atomic mass is 10.2. The summed E-state index contributed by atoms with van der Waals surface area (Å²) < 4.78 is 32.0. The zero-order valence-electron chi connectivity index (χ0n) is 11.6. The van der Waals surface area contributed by atoms with Gasteiger partial charge in [0.05, 0.1) is 7.11 Å². The first-order chi connectivity index (χ1) is 9.46. The van der Waals surface area contributed by atoms with Crippen molar-refractivity contribution in [2.24, 2.45) is 0 Å². The van der Waals surface area contributed by atoms with Gasteiger partial charge in [0.2, 0.25) is 0 Å². The third kappa shape index (κ3) is 3.06. The van der Waals surface area contributed by atoms with Crippen LogP contribution in [0.1, 0.15) is 11.8 Å². The van der Waals surface area contributed by atoms with Crippen LogP contribution in [0.2, 0.25) is 0 Å². The van der Waals surface area contributed by atoms with E-state index in [2.05, 4.69) is 0 Å². The van der Waals surface area contributed by atoms with E-state index in [9.17, 15) is 8.42 Å². The fraction of sp³-hybridized carbons (Fsp3) is 0.385. The number of hydrogen-bond donors (Lipinski definition) is 0. The van der Waals surface area contributed by atoms with Gasteiger partial charge in [-0.05, 0) is 36.2 Å². The number of hydrogen-bond acceptors (Lipinski definition) is 5. The van der Waals surface area contributed by atoms with Crippen molar-refractivity contribution < 1.29 is 13.2 Å². The van der Waals surface area contributed by atoms with Crippen molar-refractivity contribution in [1.82, 2.24) is 4.31 Å². The topological polar surface area (TPSA) is 46.6 Å². The summed E-state index contributed by atoms with van der Waals surface area (Å²) in [6.07, 6.45) is 0.709. The highest BCUT2D eigenvalue weighted by atomic mass is 32.2. The Hall–Kier alpha value is -0.890. The maximum absolute atomic E-state index is 12.6. The van der Waals surface area contributed by atoms with Crippen molar-refractivity contribution in [3.63, 3.8) is 0 Å². The first-order valence-corrected chi connectivity index (χ1v) is 9.28. The Bertz CT molecular complexity index is 646. The lowest BCUT2D eigenvalue weighted by Gasteiger charge is -2.23. The maximum Gasteiger partial charge on any atom is 0.256 e. The molecule has 0 aliphatic heterocycles. The van der Waals surface area contributed by atoms with Gasteiger partial charge < -0.3 is 4.74 Å². The van der Waals surface area contributed by atoms with E-state index in [0.29, 0.717) is 12.2 Å². The number of sulfonamides is 1. The Balaban J connectivity index is 2.20. The summed E-state index contributed by atoms with van der Waals surface area (Å²) in [4.78, 5) is 1.18. The third-order valence-corrected chi connectivity index (χ3v) is 7.42. The standard InChI is InChI=1S/C13H17NO3S3/c1-10(9-11-5-4-7-18-11)14(2)20(15,16)13-12(17-3)6-8-19-13/h4-8,10H,9H2,1-3H3/t10-/m0/s1. The summed E-state index contributed by atoms with van der Waals surface area (Å²) in [6.45, 7) is 1.91. The van der Waals surface area contributed by atoms with Crippen LogP contribution in [0.5, 0.6) is 5.75 Å². The molecule has 2 rings (SSSR count). The zero-order valence-corrected chi connectivity index (χ0v) is 14.0. The monoisotopic (exact) mass is 331 g/mol. The van der Waals surface area contributed by atoms with Crippen LogP contribution in [0.15, 0.2) is 33.2 Å². The van der Waals surface area contributed by atoms with Crippen molar-refractivity contribution in [2.45, 2.75) is 23.6 Å². The van der Waals surface area contributed by atoms with Gasteiger partial charge in [-0.1, -0.05) is 6.07 Å². The summed E-state index contributed by atoms with van der Waals surface area (Å²) in [5.74, 6) is 0.408. The van der Waals surface area contributed by atoms with E-state index in [1.165, 1.54) is 27.6 Å². The van der Waals surface area contributed by atoms with Gasteiger partial charge in [-0.2, -0.15) is 4.31 Å². The minimum absolute atomic E-state index is 0.106. The molecule has 0 amide bonds. The van der Waals surface area contributed by atoms with E-state index in [-0.39, 0.29) is 10.3 Å². The van der Waals surface area contributed by atoms with E-state index < -0.39 is 10.0 Å². The van der Waals surface area contributed by atoms with Crippen LogP contribution < -0.4 is 4.74 Å². The van der Waals surface area contributed by atoms with Gasteiger partial charge in [0.1, 0.15) is 5.75 Å². The molecule has 0 saturated carbocycles. The minimum Gasteiger partial charge on any atom is -0.494 e. The highest BCUT2D eigenvalue weighted by Gasteiger charge is 2.29. The van der Waals surface area contributed by atoms with Gasteiger partial charge in [0, 0.05) is 18.0 Å². The Labute approximate surface area is 127 Å². The lowest BCUT2D eigenvalue weighted by Crippen LogP contribution is -2.36. The fourth-order valence-electron chi connectivity index (χ4n) is 1.84. The fourth-order valence-corrected chi connectivity index (χ4v) is 5.47. The number of thiophene rings is 2. The molecule has 0 aromatic carbocycles. The average molecular weight is 331 g/mol. The second-order valence-corrected chi connectivity index (χ2v) is 8.57. The van der Waals surface area contributed by atoms with Crippen LogP contribution in [0.4, 0.5) is 0 Å². The quantitative estimate of drug-likeness (QED) is 0.817. The number of methoxy groups -OCH3 is 1. The van der Waals surface area contributed by atoms with Crippen molar-refractivity contribution >= 4 is 32.7 Å². The molecule has 0 N–H and O–H groups in total. The molecule has 0 aliphatic rings. The summed E-state index contributed by atoms with van der Waals surface area (Å²) in [7, 11) is -0.409. The molecule has 2 aromatic rings. The van der Waals surface area contributed by atoms with Gasteiger partial charge in [-0.25, -0.2) is 8.42 Å². The maximum atomic E-state index is 12.6. The number of likely N-dealkylation sites (N-methyl/N-ethyl adjacent to an activating group) is 1. The van der Waals surface area contributed by atoms with E-state index in [4.69, 9.17) is 4.74 Å². The van der Waals surface area contributed by atoms with Crippen molar-refractivity contribution in [3.8, 4) is 5.75 Å². The lowest BCUT2D eigenvalue weighted by molar-refractivity contribution is 0.379. The van der Waals surface area contributed by atoms with Crippen LogP contribution in [-0.4, -0.2) is 32.9 Å². The number of ether oxygens (including phenoxy) is 1. The Morgan fingerprint density at radius 2 is 2.05 bits per heavy atom. The molecule has 0 unspecified atom stereocenters. The van der Waals surface area contributed by atoms with Crippen molar-refractivity contribution in [2.75, 3.05) is 14.2 Å². The molecular weight excluding hydrogens is 314 g/mol. The summed E-state index contributed by atoms with van der Waals surface area (Å²) in [5, 5.41) is 3.72. The molecule has 4 nitrogen and oxygen atoms in total. The molecular formula is C13H17NO3S3. The average Bonchev–Trinajstić information content (AvgIpc) is 3.08. The second kappa shape index (κ2) is 6.26. The van der Waals surface area contributed by atoms with Gasteiger partial charge in [-0.15, -0.1) is 22.7 Å². The molecule has 0 bridgehead atoms. The van der Waals surface area contributed by atoms with Crippen LogP contribution in [0.25, 0.3) is 0 Å². The smallest absolute Gasteiger partial charge is 0.256 e. The normalized spacial score (nSPS) is 13.6. The van der Waals surface area contributed by atoms with Crippen molar-refractivity contribution in [3.05, 3.63) is 33.8 Å². The molecule has 1 atom stereocenters. The Morgan fingerprint density at radius 3 is 2.65 bits per heavy atom. The molecule has 0 aliphatic carbocycles. The first-order valence-electron chi connectivity index (χ1n) is 6.08. The molecule has 2 aromatic heterocycles. The molecule has 0 fully saturated rings.